The Morgan fingerprint density at radius 2 is 1.53 bits per heavy atom. The van der Waals surface area contributed by atoms with Gasteiger partial charge in [0.05, 0.1) is 22.0 Å². The lowest BCUT2D eigenvalue weighted by atomic mass is 10.0. The van der Waals surface area contributed by atoms with E-state index in [1.165, 1.54) is 4.31 Å². The number of hydrogen-bond acceptors (Lipinski definition) is 4. The van der Waals surface area contributed by atoms with Crippen molar-refractivity contribution in [3.05, 3.63) is 63.2 Å². The molecule has 9 heteroatoms. The standard InChI is InChI=1S/C23H28ClN3O4S/c1-15-13-16(2)18(4)22(17(15)3)32(30,31)27-11-9-26(10-12-27)21(28)14-25-23(29)19-7-5-6-8-20(19)24/h5-8,13H,9-12,14H2,1-4H3,(H,25,29). The minimum absolute atomic E-state index is 0.175. The van der Waals surface area contributed by atoms with E-state index in [9.17, 15) is 18.0 Å². The van der Waals surface area contributed by atoms with Crippen molar-refractivity contribution >= 4 is 33.4 Å². The molecular weight excluding hydrogens is 450 g/mol. The molecule has 2 aromatic rings. The molecule has 0 atom stereocenters. The van der Waals surface area contributed by atoms with Gasteiger partial charge in [0, 0.05) is 26.2 Å². The quantitative estimate of drug-likeness (QED) is 0.717. The van der Waals surface area contributed by atoms with Crippen molar-refractivity contribution < 1.29 is 18.0 Å². The van der Waals surface area contributed by atoms with E-state index in [1.807, 2.05) is 33.8 Å². The predicted octanol–water partition coefficient (Wildman–Crippen LogP) is 2.84. The molecule has 2 aromatic carbocycles. The number of piperazine rings is 1. The molecule has 0 aliphatic carbocycles. The molecule has 0 aromatic heterocycles. The molecule has 0 saturated carbocycles. The number of aryl methyl sites for hydroxylation is 2. The van der Waals surface area contributed by atoms with E-state index in [0.29, 0.717) is 15.5 Å². The van der Waals surface area contributed by atoms with Gasteiger partial charge in [0.2, 0.25) is 15.9 Å². The van der Waals surface area contributed by atoms with Gasteiger partial charge in [-0.15, -0.1) is 0 Å². The second-order valence-electron chi connectivity index (χ2n) is 8.04. The molecule has 7 nitrogen and oxygen atoms in total. The normalized spacial score (nSPS) is 15.0. The Kier molecular flexibility index (Phi) is 7.27. The summed E-state index contributed by atoms with van der Waals surface area (Å²) in [5, 5.41) is 2.90. The number of carbonyl (C=O) groups excluding carboxylic acids is 2. The Balaban J connectivity index is 1.63. The molecule has 1 N–H and O–H groups in total. The number of halogens is 1. The minimum atomic E-state index is -3.67. The number of benzene rings is 2. The summed E-state index contributed by atoms with van der Waals surface area (Å²) in [5.41, 5.74) is 3.70. The zero-order chi connectivity index (χ0) is 23.6. The molecule has 1 aliphatic heterocycles. The van der Waals surface area contributed by atoms with Crippen molar-refractivity contribution in [3.8, 4) is 0 Å². The Bertz CT molecular complexity index is 1130. The molecule has 3 rings (SSSR count). The van der Waals surface area contributed by atoms with E-state index >= 15 is 0 Å². The number of carbonyl (C=O) groups is 2. The van der Waals surface area contributed by atoms with Crippen molar-refractivity contribution in [1.29, 1.82) is 0 Å². The summed E-state index contributed by atoms with van der Waals surface area (Å²) in [6.45, 7) is 8.25. The van der Waals surface area contributed by atoms with Crippen LogP contribution in [0.3, 0.4) is 0 Å². The fourth-order valence-corrected chi connectivity index (χ4v) is 6.10. The predicted molar refractivity (Wildman–Crippen MR) is 125 cm³/mol. The molecule has 1 fully saturated rings. The number of sulfonamides is 1. The van der Waals surface area contributed by atoms with Crippen LogP contribution in [0.15, 0.2) is 35.2 Å². The van der Waals surface area contributed by atoms with Crippen molar-refractivity contribution in [2.75, 3.05) is 32.7 Å². The van der Waals surface area contributed by atoms with Gasteiger partial charge in [-0.2, -0.15) is 4.31 Å². The molecule has 2 amide bonds. The molecule has 1 saturated heterocycles. The molecule has 0 spiro atoms. The number of hydrogen-bond donors (Lipinski definition) is 1. The monoisotopic (exact) mass is 477 g/mol. The number of amides is 2. The molecule has 0 radical (unpaired) electrons. The summed E-state index contributed by atoms with van der Waals surface area (Å²) in [4.78, 5) is 26.7. The second-order valence-corrected chi connectivity index (χ2v) is 10.3. The first kappa shape index (κ1) is 24.2. The van der Waals surface area contributed by atoms with Gasteiger partial charge < -0.3 is 10.2 Å². The van der Waals surface area contributed by atoms with Gasteiger partial charge in [-0.05, 0) is 62.1 Å². The Labute approximate surface area is 194 Å². The number of rotatable bonds is 5. The second kappa shape index (κ2) is 9.60. The van der Waals surface area contributed by atoms with Crippen molar-refractivity contribution in [2.45, 2.75) is 32.6 Å². The van der Waals surface area contributed by atoms with E-state index < -0.39 is 15.9 Å². The van der Waals surface area contributed by atoms with Gasteiger partial charge in [-0.3, -0.25) is 9.59 Å². The van der Waals surface area contributed by atoms with E-state index in [4.69, 9.17) is 11.6 Å². The van der Waals surface area contributed by atoms with Crippen LogP contribution in [0.1, 0.15) is 32.6 Å². The summed E-state index contributed by atoms with van der Waals surface area (Å²) in [6.07, 6.45) is 0. The largest absolute Gasteiger partial charge is 0.343 e. The highest BCUT2D eigenvalue weighted by Gasteiger charge is 2.33. The Morgan fingerprint density at radius 3 is 2.09 bits per heavy atom. The highest BCUT2D eigenvalue weighted by molar-refractivity contribution is 7.89. The highest BCUT2D eigenvalue weighted by atomic mass is 35.5. The molecule has 1 heterocycles. The van der Waals surface area contributed by atoms with Crippen LogP contribution in [0, 0.1) is 27.7 Å². The SMILES string of the molecule is Cc1cc(C)c(C)c(S(=O)(=O)N2CCN(C(=O)CNC(=O)c3ccccc3Cl)CC2)c1C. The average molecular weight is 478 g/mol. The first-order chi connectivity index (χ1) is 15.0. The highest BCUT2D eigenvalue weighted by Crippen LogP contribution is 2.29. The lowest BCUT2D eigenvalue weighted by Gasteiger charge is -2.34. The molecule has 0 unspecified atom stereocenters. The fourth-order valence-electron chi connectivity index (χ4n) is 3.88. The smallest absolute Gasteiger partial charge is 0.253 e. The van der Waals surface area contributed by atoms with Crippen LogP contribution in [0.4, 0.5) is 0 Å². The molecule has 1 aliphatic rings. The van der Waals surface area contributed by atoms with Gasteiger partial charge in [0.1, 0.15) is 0 Å². The summed E-state index contributed by atoms with van der Waals surface area (Å²) < 4.78 is 28.2. The minimum Gasteiger partial charge on any atom is -0.343 e. The van der Waals surface area contributed by atoms with Crippen LogP contribution in [0.25, 0.3) is 0 Å². The maximum atomic E-state index is 13.4. The third-order valence-corrected chi connectivity index (χ3v) is 8.51. The first-order valence-corrected chi connectivity index (χ1v) is 12.2. The average Bonchev–Trinajstić information content (AvgIpc) is 2.76. The lowest BCUT2D eigenvalue weighted by Crippen LogP contribution is -2.52. The van der Waals surface area contributed by atoms with Crippen LogP contribution < -0.4 is 5.32 Å². The van der Waals surface area contributed by atoms with Gasteiger partial charge in [0.25, 0.3) is 5.91 Å². The summed E-state index contributed by atoms with van der Waals surface area (Å²) in [6, 6.07) is 8.61. The van der Waals surface area contributed by atoms with Crippen LogP contribution >= 0.6 is 11.6 Å². The van der Waals surface area contributed by atoms with Gasteiger partial charge in [-0.1, -0.05) is 29.8 Å². The van der Waals surface area contributed by atoms with Gasteiger partial charge in [0.15, 0.2) is 0 Å². The maximum absolute atomic E-state index is 13.4. The maximum Gasteiger partial charge on any atom is 0.253 e. The van der Waals surface area contributed by atoms with E-state index in [-0.39, 0.29) is 38.6 Å². The lowest BCUT2D eigenvalue weighted by molar-refractivity contribution is -0.131. The Morgan fingerprint density at radius 1 is 0.969 bits per heavy atom. The zero-order valence-electron chi connectivity index (χ0n) is 18.7. The van der Waals surface area contributed by atoms with Crippen LogP contribution in [0.5, 0.6) is 0 Å². The summed E-state index contributed by atoms with van der Waals surface area (Å²) >= 11 is 6.02. The van der Waals surface area contributed by atoms with E-state index in [1.54, 1.807) is 29.2 Å². The molecule has 0 bridgehead atoms. The van der Waals surface area contributed by atoms with Crippen molar-refractivity contribution in [2.24, 2.45) is 0 Å². The summed E-state index contributed by atoms with van der Waals surface area (Å²) in [5.74, 6) is -0.688. The Hall–Kier alpha value is -2.42. The summed E-state index contributed by atoms with van der Waals surface area (Å²) in [7, 11) is -3.67. The molecule has 172 valence electrons. The first-order valence-electron chi connectivity index (χ1n) is 10.4. The van der Waals surface area contributed by atoms with E-state index in [2.05, 4.69) is 5.32 Å². The van der Waals surface area contributed by atoms with Crippen LogP contribution in [-0.4, -0.2) is 62.2 Å². The third-order valence-electron chi connectivity index (χ3n) is 6.01. The molecule has 32 heavy (non-hydrogen) atoms. The fraction of sp³-hybridized carbons (Fsp3) is 0.391. The van der Waals surface area contributed by atoms with E-state index in [0.717, 1.165) is 22.3 Å². The van der Waals surface area contributed by atoms with Crippen LogP contribution in [0.2, 0.25) is 5.02 Å². The third kappa shape index (κ3) is 4.82. The van der Waals surface area contributed by atoms with Gasteiger partial charge >= 0.3 is 0 Å². The number of nitrogens with zero attached hydrogens (tertiary/aromatic N) is 2. The number of nitrogens with one attached hydrogen (secondary N) is 1. The van der Waals surface area contributed by atoms with Crippen LogP contribution in [-0.2, 0) is 14.8 Å². The van der Waals surface area contributed by atoms with Crippen molar-refractivity contribution in [1.82, 2.24) is 14.5 Å². The van der Waals surface area contributed by atoms with Crippen molar-refractivity contribution in [3.63, 3.8) is 0 Å². The zero-order valence-corrected chi connectivity index (χ0v) is 20.3. The topological polar surface area (TPSA) is 86.8 Å². The van der Waals surface area contributed by atoms with Gasteiger partial charge in [-0.25, -0.2) is 8.42 Å². The molecular formula is C23H28ClN3O4S.